The van der Waals surface area contributed by atoms with Crippen LogP contribution in [0.4, 0.5) is 5.69 Å². The number of para-hydroxylation sites is 1. The van der Waals surface area contributed by atoms with E-state index in [0.29, 0.717) is 23.8 Å². The quantitative estimate of drug-likeness (QED) is 0.331. The smallest absolute Gasteiger partial charge is 0.203 e. The van der Waals surface area contributed by atoms with Gasteiger partial charge in [0, 0.05) is 32.4 Å². The summed E-state index contributed by atoms with van der Waals surface area (Å²) in [6.45, 7) is 2.29. The van der Waals surface area contributed by atoms with Gasteiger partial charge >= 0.3 is 0 Å². The fourth-order valence-electron chi connectivity index (χ4n) is 2.73. The van der Waals surface area contributed by atoms with Gasteiger partial charge in [0.05, 0.1) is 21.3 Å². The predicted molar refractivity (Wildman–Crippen MR) is 114 cm³/mol. The molecule has 28 heavy (non-hydrogen) atoms. The molecule has 2 rings (SSSR count). The van der Waals surface area contributed by atoms with E-state index in [1.54, 1.807) is 28.4 Å². The van der Waals surface area contributed by atoms with Crippen LogP contribution >= 0.6 is 0 Å². The number of benzene rings is 2. The van der Waals surface area contributed by atoms with Crippen molar-refractivity contribution in [1.82, 2.24) is 10.6 Å². The Kier molecular flexibility index (Phi) is 8.78. The van der Waals surface area contributed by atoms with Crippen molar-refractivity contribution >= 4 is 11.6 Å². The van der Waals surface area contributed by atoms with Crippen molar-refractivity contribution in [1.29, 1.82) is 0 Å². The van der Waals surface area contributed by atoms with E-state index in [2.05, 4.69) is 33.1 Å². The molecule has 7 heteroatoms. The van der Waals surface area contributed by atoms with Gasteiger partial charge in [0.1, 0.15) is 0 Å². The number of methoxy groups -OCH3 is 3. The van der Waals surface area contributed by atoms with Crippen molar-refractivity contribution in [2.45, 2.75) is 13.0 Å². The summed E-state index contributed by atoms with van der Waals surface area (Å²) < 4.78 is 16.1. The number of nitrogens with one attached hydrogen (secondary N) is 3. The zero-order valence-electron chi connectivity index (χ0n) is 17.0. The third-order valence-electron chi connectivity index (χ3n) is 4.16. The number of aliphatic imine (C=N–C) groups is 1. The minimum Gasteiger partial charge on any atom is -0.493 e. The number of hydrogen-bond donors (Lipinski definition) is 3. The fraction of sp³-hybridized carbons (Fsp3) is 0.381. The molecule has 0 radical (unpaired) electrons. The normalized spacial score (nSPS) is 10.9. The first-order valence-corrected chi connectivity index (χ1v) is 9.24. The predicted octanol–water partition coefficient (Wildman–Crippen LogP) is 2.88. The average molecular weight is 386 g/mol. The summed E-state index contributed by atoms with van der Waals surface area (Å²) in [4.78, 5) is 4.26. The zero-order valence-corrected chi connectivity index (χ0v) is 17.0. The van der Waals surface area contributed by atoms with Gasteiger partial charge < -0.3 is 30.2 Å². The largest absolute Gasteiger partial charge is 0.493 e. The van der Waals surface area contributed by atoms with Crippen molar-refractivity contribution in [3.63, 3.8) is 0 Å². The van der Waals surface area contributed by atoms with Crippen LogP contribution in [0.2, 0.25) is 0 Å². The van der Waals surface area contributed by atoms with Crippen LogP contribution in [-0.4, -0.2) is 47.4 Å². The highest BCUT2D eigenvalue weighted by molar-refractivity contribution is 5.79. The molecule has 0 spiro atoms. The lowest BCUT2D eigenvalue weighted by Crippen LogP contribution is -2.37. The van der Waals surface area contributed by atoms with Gasteiger partial charge in [0.15, 0.2) is 17.5 Å². The topological polar surface area (TPSA) is 76.1 Å². The molecule has 7 nitrogen and oxygen atoms in total. The summed E-state index contributed by atoms with van der Waals surface area (Å²) in [5.74, 6) is 2.60. The first-order chi connectivity index (χ1) is 13.7. The highest BCUT2D eigenvalue weighted by Gasteiger charge is 2.13. The van der Waals surface area contributed by atoms with Crippen LogP contribution in [-0.2, 0) is 6.54 Å². The van der Waals surface area contributed by atoms with Crippen molar-refractivity contribution < 1.29 is 14.2 Å². The van der Waals surface area contributed by atoms with Crippen LogP contribution in [0.5, 0.6) is 17.2 Å². The number of rotatable bonds is 10. The molecule has 0 aliphatic heterocycles. The Morgan fingerprint density at radius 1 is 0.893 bits per heavy atom. The van der Waals surface area contributed by atoms with Crippen LogP contribution in [0, 0.1) is 0 Å². The van der Waals surface area contributed by atoms with Crippen LogP contribution in [0.3, 0.4) is 0 Å². The molecule has 3 N–H and O–H groups in total. The highest BCUT2D eigenvalue weighted by Crippen LogP contribution is 2.38. The summed E-state index contributed by atoms with van der Waals surface area (Å²) >= 11 is 0. The lowest BCUT2D eigenvalue weighted by molar-refractivity contribution is 0.323. The fourth-order valence-corrected chi connectivity index (χ4v) is 2.73. The first-order valence-electron chi connectivity index (χ1n) is 9.24. The Labute approximate surface area is 167 Å². The lowest BCUT2D eigenvalue weighted by Gasteiger charge is -2.16. The van der Waals surface area contributed by atoms with Crippen LogP contribution in [0.1, 0.15) is 12.0 Å². The summed E-state index contributed by atoms with van der Waals surface area (Å²) in [5, 5.41) is 10.0. The molecule has 2 aromatic rings. The summed E-state index contributed by atoms with van der Waals surface area (Å²) in [6.07, 6.45) is 0.972. The van der Waals surface area contributed by atoms with Gasteiger partial charge in [0.25, 0.3) is 0 Å². The minimum absolute atomic E-state index is 0.582. The maximum atomic E-state index is 5.40. The SMILES string of the molecule is CN=C(NCCCNc1ccccc1)NCc1cc(OC)c(OC)c(OC)c1. The van der Waals surface area contributed by atoms with E-state index >= 15 is 0 Å². The van der Waals surface area contributed by atoms with E-state index in [0.717, 1.165) is 36.7 Å². The molecular weight excluding hydrogens is 356 g/mol. The van der Waals surface area contributed by atoms with Gasteiger partial charge in [-0.1, -0.05) is 18.2 Å². The Morgan fingerprint density at radius 3 is 2.14 bits per heavy atom. The van der Waals surface area contributed by atoms with E-state index in [1.165, 1.54) is 0 Å². The molecule has 0 aromatic heterocycles. The monoisotopic (exact) mass is 386 g/mol. The molecule has 0 saturated heterocycles. The van der Waals surface area contributed by atoms with Gasteiger partial charge in [-0.25, -0.2) is 0 Å². The summed E-state index contributed by atoms with van der Waals surface area (Å²) in [6, 6.07) is 14.0. The van der Waals surface area contributed by atoms with Crippen molar-refractivity contribution in [2.24, 2.45) is 4.99 Å². The third kappa shape index (κ3) is 6.26. The molecular formula is C21H30N4O3. The second-order valence-electron chi connectivity index (χ2n) is 6.03. The molecule has 0 aliphatic rings. The number of ether oxygens (including phenoxy) is 3. The standard InChI is InChI=1S/C21H30N4O3/c1-22-21(24-12-8-11-23-17-9-6-5-7-10-17)25-15-16-13-18(26-2)20(28-4)19(14-16)27-3/h5-7,9-10,13-14,23H,8,11-12,15H2,1-4H3,(H2,22,24,25). The number of guanidine groups is 1. The van der Waals surface area contributed by atoms with E-state index in [4.69, 9.17) is 14.2 Å². The first kappa shape index (κ1) is 21.2. The molecule has 0 aliphatic carbocycles. The number of anilines is 1. The second-order valence-corrected chi connectivity index (χ2v) is 6.03. The van der Waals surface area contributed by atoms with Crippen molar-refractivity contribution in [3.05, 3.63) is 48.0 Å². The Hall–Kier alpha value is -3.09. The molecule has 0 heterocycles. The van der Waals surface area contributed by atoms with Crippen molar-refractivity contribution in [3.8, 4) is 17.2 Å². The highest BCUT2D eigenvalue weighted by atomic mass is 16.5. The third-order valence-corrected chi connectivity index (χ3v) is 4.16. The molecule has 0 atom stereocenters. The molecule has 0 amide bonds. The van der Waals surface area contributed by atoms with Crippen LogP contribution < -0.4 is 30.2 Å². The molecule has 2 aromatic carbocycles. The van der Waals surface area contributed by atoms with E-state index < -0.39 is 0 Å². The van der Waals surface area contributed by atoms with Gasteiger partial charge in [-0.05, 0) is 36.2 Å². The maximum Gasteiger partial charge on any atom is 0.203 e. The molecule has 0 saturated carbocycles. The van der Waals surface area contributed by atoms with E-state index in [1.807, 2.05) is 30.3 Å². The van der Waals surface area contributed by atoms with Crippen molar-refractivity contribution in [2.75, 3.05) is 46.8 Å². The molecule has 0 bridgehead atoms. The Balaban J connectivity index is 1.80. The Bertz CT molecular complexity index is 726. The van der Waals surface area contributed by atoms with Gasteiger partial charge in [-0.15, -0.1) is 0 Å². The van der Waals surface area contributed by atoms with Gasteiger partial charge in [0.2, 0.25) is 5.75 Å². The maximum absolute atomic E-state index is 5.40. The lowest BCUT2D eigenvalue weighted by atomic mass is 10.2. The zero-order chi connectivity index (χ0) is 20.2. The number of hydrogen-bond acceptors (Lipinski definition) is 5. The van der Waals surface area contributed by atoms with Gasteiger partial charge in [-0.3, -0.25) is 4.99 Å². The van der Waals surface area contributed by atoms with E-state index in [9.17, 15) is 0 Å². The van der Waals surface area contributed by atoms with Crippen LogP contribution in [0.25, 0.3) is 0 Å². The number of nitrogens with zero attached hydrogens (tertiary/aromatic N) is 1. The molecule has 152 valence electrons. The summed E-state index contributed by atoms with van der Waals surface area (Å²) in [7, 11) is 6.57. The summed E-state index contributed by atoms with van der Waals surface area (Å²) in [5.41, 5.74) is 2.13. The van der Waals surface area contributed by atoms with Gasteiger partial charge in [-0.2, -0.15) is 0 Å². The Morgan fingerprint density at radius 2 is 1.57 bits per heavy atom. The second kappa shape index (κ2) is 11.6. The average Bonchev–Trinajstić information content (AvgIpc) is 2.75. The van der Waals surface area contributed by atoms with E-state index in [-0.39, 0.29) is 0 Å². The molecule has 0 fully saturated rings. The molecule has 0 unspecified atom stereocenters. The minimum atomic E-state index is 0.582. The van der Waals surface area contributed by atoms with Crippen LogP contribution in [0.15, 0.2) is 47.5 Å².